The second kappa shape index (κ2) is 6.24. The van der Waals surface area contributed by atoms with E-state index >= 15 is 0 Å². The minimum Gasteiger partial charge on any atom is -0.461 e. The Bertz CT molecular complexity index is 222. The lowest BCUT2D eigenvalue weighted by molar-refractivity contribution is -0.156. The highest BCUT2D eigenvalue weighted by atomic mass is 16.5. The minimum absolute atomic E-state index is 0.0344. The van der Waals surface area contributed by atoms with Crippen LogP contribution in [0.5, 0.6) is 0 Å². The number of nitrogens with one attached hydrogen (secondary N) is 1. The van der Waals surface area contributed by atoms with Crippen LogP contribution in [0, 0.1) is 0 Å². The number of rotatable bonds is 6. The first-order chi connectivity index (χ1) is 7.64. The van der Waals surface area contributed by atoms with Gasteiger partial charge in [0.2, 0.25) is 0 Å². The predicted molar refractivity (Wildman–Crippen MR) is 65.3 cm³/mol. The Kier molecular flexibility index (Phi) is 5.26. The zero-order valence-corrected chi connectivity index (χ0v) is 10.8. The third-order valence-electron chi connectivity index (χ3n) is 3.31. The van der Waals surface area contributed by atoms with Crippen molar-refractivity contribution in [1.82, 2.24) is 5.32 Å². The highest BCUT2D eigenvalue weighted by molar-refractivity contribution is 5.81. The van der Waals surface area contributed by atoms with E-state index < -0.39 is 0 Å². The zero-order chi connectivity index (χ0) is 12.0. The Morgan fingerprint density at radius 3 is 2.69 bits per heavy atom. The molecule has 94 valence electrons. The van der Waals surface area contributed by atoms with Crippen molar-refractivity contribution in [3.63, 3.8) is 0 Å². The van der Waals surface area contributed by atoms with Gasteiger partial charge in [0.1, 0.15) is 5.54 Å². The Morgan fingerprint density at radius 1 is 1.44 bits per heavy atom. The molecule has 2 unspecified atom stereocenters. The summed E-state index contributed by atoms with van der Waals surface area (Å²) in [5.41, 5.74) is -0.378. The monoisotopic (exact) mass is 227 g/mol. The summed E-state index contributed by atoms with van der Waals surface area (Å²) in [6.45, 7) is 7.15. The molecule has 16 heavy (non-hydrogen) atoms. The van der Waals surface area contributed by atoms with E-state index in [2.05, 4.69) is 19.2 Å². The molecular weight excluding hydrogens is 202 g/mol. The minimum atomic E-state index is -0.378. The predicted octanol–water partition coefficient (Wildman–Crippen LogP) is 2.64. The standard InChI is InChI=1S/C13H25NO2/c1-4-7-11(3)16-12(15)13(8-5-2)9-6-10-14-13/h11,14H,4-10H2,1-3H3. The molecule has 0 saturated carbocycles. The van der Waals surface area contributed by atoms with Gasteiger partial charge in [0.05, 0.1) is 6.10 Å². The van der Waals surface area contributed by atoms with Gasteiger partial charge in [-0.2, -0.15) is 0 Å². The van der Waals surface area contributed by atoms with Crippen molar-refractivity contribution in [1.29, 1.82) is 0 Å². The van der Waals surface area contributed by atoms with Crippen LogP contribution >= 0.6 is 0 Å². The molecule has 0 aliphatic carbocycles. The summed E-state index contributed by atoms with van der Waals surface area (Å²) < 4.78 is 5.53. The maximum absolute atomic E-state index is 12.2. The first-order valence-electron chi connectivity index (χ1n) is 6.60. The lowest BCUT2D eigenvalue weighted by Gasteiger charge is -2.28. The number of hydrogen-bond acceptors (Lipinski definition) is 3. The number of hydrogen-bond donors (Lipinski definition) is 1. The summed E-state index contributed by atoms with van der Waals surface area (Å²) >= 11 is 0. The maximum atomic E-state index is 12.2. The molecule has 0 aromatic heterocycles. The van der Waals surface area contributed by atoms with Gasteiger partial charge in [-0.1, -0.05) is 26.7 Å². The summed E-state index contributed by atoms with van der Waals surface area (Å²) in [7, 11) is 0. The van der Waals surface area contributed by atoms with E-state index in [1.165, 1.54) is 0 Å². The Labute approximate surface area is 98.9 Å². The molecule has 1 N–H and O–H groups in total. The molecule has 0 aromatic carbocycles. The van der Waals surface area contributed by atoms with Crippen molar-refractivity contribution in [2.24, 2.45) is 0 Å². The Morgan fingerprint density at radius 2 is 2.19 bits per heavy atom. The van der Waals surface area contributed by atoms with E-state index in [1.807, 2.05) is 6.92 Å². The van der Waals surface area contributed by atoms with Crippen molar-refractivity contribution in [2.75, 3.05) is 6.54 Å². The summed E-state index contributed by atoms with van der Waals surface area (Å²) in [5.74, 6) is -0.0344. The summed E-state index contributed by atoms with van der Waals surface area (Å²) in [5, 5.41) is 3.34. The van der Waals surface area contributed by atoms with Crippen LogP contribution in [-0.2, 0) is 9.53 Å². The molecule has 1 saturated heterocycles. The van der Waals surface area contributed by atoms with Gasteiger partial charge in [0, 0.05) is 0 Å². The van der Waals surface area contributed by atoms with Crippen molar-refractivity contribution in [2.45, 2.75) is 70.9 Å². The molecular formula is C13H25NO2. The second-order valence-electron chi connectivity index (χ2n) is 4.87. The number of ether oxygens (including phenoxy) is 1. The van der Waals surface area contributed by atoms with Crippen molar-refractivity contribution < 1.29 is 9.53 Å². The lowest BCUT2D eigenvalue weighted by Crippen LogP contribution is -2.49. The summed E-state index contributed by atoms with van der Waals surface area (Å²) in [4.78, 5) is 12.2. The first kappa shape index (κ1) is 13.5. The fourth-order valence-corrected chi connectivity index (χ4v) is 2.48. The largest absolute Gasteiger partial charge is 0.461 e. The van der Waals surface area contributed by atoms with Crippen LogP contribution in [0.2, 0.25) is 0 Å². The molecule has 3 nitrogen and oxygen atoms in total. The van der Waals surface area contributed by atoms with E-state index in [1.54, 1.807) is 0 Å². The molecule has 1 fully saturated rings. The first-order valence-corrected chi connectivity index (χ1v) is 6.60. The van der Waals surface area contributed by atoms with E-state index in [0.29, 0.717) is 0 Å². The van der Waals surface area contributed by atoms with Crippen molar-refractivity contribution in [3.8, 4) is 0 Å². The van der Waals surface area contributed by atoms with Gasteiger partial charge in [-0.25, -0.2) is 0 Å². The van der Waals surface area contributed by atoms with E-state index in [4.69, 9.17) is 4.74 Å². The quantitative estimate of drug-likeness (QED) is 0.709. The molecule has 0 bridgehead atoms. The van der Waals surface area contributed by atoms with Gasteiger partial charge in [0.25, 0.3) is 0 Å². The molecule has 0 radical (unpaired) electrons. The third-order valence-corrected chi connectivity index (χ3v) is 3.31. The van der Waals surface area contributed by atoms with Crippen LogP contribution in [0.4, 0.5) is 0 Å². The zero-order valence-electron chi connectivity index (χ0n) is 10.8. The van der Waals surface area contributed by atoms with E-state index in [-0.39, 0.29) is 17.6 Å². The van der Waals surface area contributed by atoms with Crippen molar-refractivity contribution >= 4 is 5.97 Å². The molecule has 2 atom stereocenters. The highest BCUT2D eigenvalue weighted by Gasteiger charge is 2.41. The lowest BCUT2D eigenvalue weighted by atomic mass is 9.92. The SMILES string of the molecule is CCCC(C)OC(=O)C1(CCC)CCCN1. The fourth-order valence-electron chi connectivity index (χ4n) is 2.48. The van der Waals surface area contributed by atoms with Crippen LogP contribution < -0.4 is 5.32 Å². The Hall–Kier alpha value is -0.570. The topological polar surface area (TPSA) is 38.3 Å². The van der Waals surface area contributed by atoms with E-state index in [0.717, 1.165) is 45.1 Å². The van der Waals surface area contributed by atoms with Gasteiger partial charge < -0.3 is 10.1 Å². The van der Waals surface area contributed by atoms with Crippen LogP contribution in [0.1, 0.15) is 59.3 Å². The summed E-state index contributed by atoms with van der Waals surface area (Å²) in [6, 6.07) is 0. The van der Waals surface area contributed by atoms with Gasteiger partial charge in [-0.3, -0.25) is 4.79 Å². The van der Waals surface area contributed by atoms with Gasteiger partial charge in [-0.15, -0.1) is 0 Å². The molecule has 1 heterocycles. The van der Waals surface area contributed by atoms with Gasteiger partial charge in [0.15, 0.2) is 0 Å². The van der Waals surface area contributed by atoms with Crippen LogP contribution in [0.15, 0.2) is 0 Å². The summed E-state index contributed by atoms with van der Waals surface area (Å²) in [6.07, 6.45) is 5.98. The molecule has 1 aliphatic heterocycles. The van der Waals surface area contributed by atoms with Crippen LogP contribution in [-0.4, -0.2) is 24.2 Å². The number of esters is 1. The third kappa shape index (κ3) is 3.21. The van der Waals surface area contributed by atoms with Gasteiger partial charge >= 0.3 is 5.97 Å². The second-order valence-corrected chi connectivity index (χ2v) is 4.87. The van der Waals surface area contributed by atoms with Crippen molar-refractivity contribution in [3.05, 3.63) is 0 Å². The smallest absolute Gasteiger partial charge is 0.326 e. The number of carbonyl (C=O) groups excluding carboxylic acids is 1. The van der Waals surface area contributed by atoms with E-state index in [9.17, 15) is 4.79 Å². The average molecular weight is 227 g/mol. The normalized spacial score (nSPS) is 26.7. The number of carbonyl (C=O) groups is 1. The molecule has 3 heteroatoms. The van der Waals surface area contributed by atoms with Crippen LogP contribution in [0.3, 0.4) is 0 Å². The molecule has 1 aliphatic rings. The average Bonchev–Trinajstić information content (AvgIpc) is 2.68. The maximum Gasteiger partial charge on any atom is 0.326 e. The molecule has 0 spiro atoms. The highest BCUT2D eigenvalue weighted by Crippen LogP contribution is 2.27. The van der Waals surface area contributed by atoms with Gasteiger partial charge in [-0.05, 0) is 39.2 Å². The molecule has 0 amide bonds. The fraction of sp³-hybridized carbons (Fsp3) is 0.923. The Balaban J connectivity index is 2.54. The molecule has 0 aromatic rings. The molecule has 1 rings (SSSR count). The van der Waals surface area contributed by atoms with Crippen LogP contribution in [0.25, 0.3) is 0 Å².